The van der Waals surface area contributed by atoms with Crippen molar-refractivity contribution >= 4 is 26.7 Å². The minimum absolute atomic E-state index is 0.00647. The smallest absolute Gasteiger partial charge is 0.217 e. The molecule has 22 heavy (non-hydrogen) atoms. The quantitative estimate of drug-likeness (QED) is 0.365. The van der Waals surface area contributed by atoms with Crippen LogP contribution in [-0.4, -0.2) is 86.6 Å². The highest BCUT2D eigenvalue weighted by Gasteiger charge is 2.45. The minimum atomic E-state index is -1.39. The van der Waals surface area contributed by atoms with E-state index in [0.717, 1.165) is 17.2 Å². The van der Waals surface area contributed by atoms with Crippen molar-refractivity contribution in [3.05, 3.63) is 0 Å². The molecule has 0 aromatic carbocycles. The molecular weight excluding hydrogens is 332 g/mol. The van der Waals surface area contributed by atoms with Gasteiger partial charge in [-0.25, -0.2) is 10.4 Å². The molecule has 0 aromatic heterocycles. The number of carbonyl (C=O) groups excluding carboxylic acids is 1. The second-order valence-electron chi connectivity index (χ2n) is 5.30. The molecule has 1 unspecified atom stereocenters. The van der Waals surface area contributed by atoms with Crippen LogP contribution in [0.5, 0.6) is 0 Å². The van der Waals surface area contributed by atoms with Crippen LogP contribution in [0.1, 0.15) is 12.8 Å². The number of hydrogen-bond donors (Lipinski definition) is 5. The van der Waals surface area contributed by atoms with Crippen LogP contribution >= 0.6 is 21.6 Å². The predicted octanol–water partition coefficient (Wildman–Crippen LogP) is -1.71. The Labute approximate surface area is 136 Å². The number of nitrogens with one attached hydrogen (secondary N) is 1. The number of carbonyl (C=O) groups is 1. The van der Waals surface area contributed by atoms with Gasteiger partial charge in [-0.05, 0) is 29.9 Å². The third-order valence-electron chi connectivity index (χ3n) is 3.91. The highest BCUT2D eigenvalue weighted by molar-refractivity contribution is 8.82. The van der Waals surface area contributed by atoms with Gasteiger partial charge >= 0.3 is 0 Å². The van der Waals surface area contributed by atoms with Crippen LogP contribution in [0.4, 0.5) is 0 Å². The van der Waals surface area contributed by atoms with E-state index in [9.17, 15) is 20.1 Å². The molecule has 10 heteroatoms. The zero-order valence-electron chi connectivity index (χ0n) is 12.2. The first kappa shape index (κ1) is 18.4. The van der Waals surface area contributed by atoms with E-state index >= 15 is 0 Å². The number of hydrazine groups is 1. The minimum Gasteiger partial charge on any atom is -0.394 e. The summed E-state index contributed by atoms with van der Waals surface area (Å²) in [5.41, 5.74) is 2.91. The van der Waals surface area contributed by atoms with E-state index in [4.69, 9.17) is 9.84 Å². The van der Waals surface area contributed by atoms with Gasteiger partial charge in [0.2, 0.25) is 5.12 Å². The summed E-state index contributed by atoms with van der Waals surface area (Å²) >= 11 is 0. The van der Waals surface area contributed by atoms with Crippen molar-refractivity contribution in [1.82, 2.24) is 10.4 Å². The van der Waals surface area contributed by atoms with E-state index in [1.807, 2.05) is 6.26 Å². The predicted molar refractivity (Wildman–Crippen MR) is 82.7 cm³/mol. The van der Waals surface area contributed by atoms with E-state index in [2.05, 4.69) is 5.43 Å². The maximum Gasteiger partial charge on any atom is 0.217 e. The van der Waals surface area contributed by atoms with Gasteiger partial charge in [-0.2, -0.15) is 0 Å². The average Bonchev–Trinajstić information content (AvgIpc) is 2.96. The highest BCUT2D eigenvalue weighted by Crippen LogP contribution is 2.28. The summed E-state index contributed by atoms with van der Waals surface area (Å²) in [7, 11) is 2.53. The van der Waals surface area contributed by atoms with Gasteiger partial charge in [0.05, 0.1) is 12.6 Å². The van der Waals surface area contributed by atoms with Crippen molar-refractivity contribution in [3.63, 3.8) is 0 Å². The summed E-state index contributed by atoms with van der Waals surface area (Å²) in [6.45, 7) is 0.0952. The van der Waals surface area contributed by atoms with Gasteiger partial charge in [-0.1, -0.05) is 10.8 Å². The van der Waals surface area contributed by atoms with Crippen LogP contribution in [0.3, 0.4) is 0 Å². The first-order valence-corrected chi connectivity index (χ1v) is 9.63. The maximum atomic E-state index is 12.0. The molecule has 2 rings (SSSR count). The third kappa shape index (κ3) is 3.94. The molecule has 0 bridgehead atoms. The van der Waals surface area contributed by atoms with Crippen molar-refractivity contribution in [2.24, 2.45) is 0 Å². The number of hydrogen-bond acceptors (Lipinski definition) is 10. The fourth-order valence-electron chi connectivity index (χ4n) is 2.73. The standard InChI is InChI=1S/C12H22N2O6S2/c1-21-22-12(19)6-3-2-4-14(6)13-8-10(17)9(16)7(5-15)20-11(8)18/h6-11,13,15-18H,2-5H2,1H3/t6-,7+,8+,9-,10+,11?/m0/s1. The molecule has 0 aromatic rings. The lowest BCUT2D eigenvalue weighted by Gasteiger charge is -2.42. The summed E-state index contributed by atoms with van der Waals surface area (Å²) in [5, 5.41) is 40.7. The number of nitrogens with zero attached hydrogens (tertiary/aromatic N) is 1. The Balaban J connectivity index is 2.01. The Kier molecular flexibility index (Phi) is 6.92. The van der Waals surface area contributed by atoms with Crippen LogP contribution in [0.15, 0.2) is 0 Å². The van der Waals surface area contributed by atoms with Crippen LogP contribution in [0, 0.1) is 0 Å². The number of aliphatic hydroxyl groups excluding tert-OH is 4. The molecular formula is C12H22N2O6S2. The molecule has 0 radical (unpaired) electrons. The second kappa shape index (κ2) is 8.27. The molecule has 0 spiro atoms. The van der Waals surface area contributed by atoms with Crippen molar-refractivity contribution in [2.45, 2.75) is 49.5 Å². The van der Waals surface area contributed by atoms with Crippen LogP contribution in [-0.2, 0) is 9.53 Å². The molecule has 2 saturated heterocycles. The van der Waals surface area contributed by atoms with E-state index in [1.54, 1.807) is 5.01 Å². The second-order valence-corrected chi connectivity index (χ2v) is 7.71. The van der Waals surface area contributed by atoms with Crippen LogP contribution in [0.25, 0.3) is 0 Å². The molecule has 0 amide bonds. The molecule has 2 aliphatic rings. The summed E-state index contributed by atoms with van der Waals surface area (Å²) in [5.74, 6) is 0. The fraction of sp³-hybridized carbons (Fsp3) is 0.917. The molecule has 128 valence electrons. The van der Waals surface area contributed by atoms with E-state index in [-0.39, 0.29) is 11.2 Å². The Morgan fingerprint density at radius 2 is 2.09 bits per heavy atom. The SMILES string of the molecule is CSSC(=O)[C@@H]1CCCN1N[C@H]1C(O)O[C@H](CO)[C@H](O)[C@@H]1O. The summed E-state index contributed by atoms with van der Waals surface area (Å²) in [6.07, 6.45) is -1.72. The normalized spacial score (nSPS) is 40.0. The Bertz CT molecular complexity index is 391. The number of rotatable bonds is 5. The summed E-state index contributed by atoms with van der Waals surface area (Å²) in [4.78, 5) is 12.0. The van der Waals surface area contributed by atoms with Gasteiger partial charge < -0.3 is 25.2 Å². The van der Waals surface area contributed by atoms with Gasteiger partial charge in [0, 0.05) is 6.54 Å². The van der Waals surface area contributed by atoms with Gasteiger partial charge in [-0.15, -0.1) is 0 Å². The number of ether oxygens (including phenoxy) is 1. The van der Waals surface area contributed by atoms with E-state index in [0.29, 0.717) is 13.0 Å². The summed E-state index contributed by atoms with van der Waals surface area (Å²) in [6, 6.07) is -1.31. The van der Waals surface area contributed by atoms with E-state index < -0.39 is 37.3 Å². The zero-order chi connectivity index (χ0) is 16.3. The van der Waals surface area contributed by atoms with Gasteiger partial charge in [0.25, 0.3) is 0 Å². The zero-order valence-corrected chi connectivity index (χ0v) is 13.8. The molecule has 2 aliphatic heterocycles. The molecule has 5 N–H and O–H groups in total. The Hall–Kier alpha value is 0.0900. The Morgan fingerprint density at radius 3 is 2.73 bits per heavy atom. The molecule has 6 atom stereocenters. The first-order chi connectivity index (χ1) is 10.5. The third-order valence-corrected chi connectivity index (χ3v) is 5.50. The van der Waals surface area contributed by atoms with Crippen molar-refractivity contribution in [1.29, 1.82) is 0 Å². The van der Waals surface area contributed by atoms with Gasteiger partial charge in [0.1, 0.15) is 24.4 Å². The van der Waals surface area contributed by atoms with Crippen LogP contribution < -0.4 is 5.43 Å². The van der Waals surface area contributed by atoms with Crippen molar-refractivity contribution in [2.75, 3.05) is 19.4 Å². The fourth-order valence-corrected chi connectivity index (χ4v) is 4.08. The monoisotopic (exact) mass is 354 g/mol. The molecule has 8 nitrogen and oxygen atoms in total. The van der Waals surface area contributed by atoms with Crippen LogP contribution in [0.2, 0.25) is 0 Å². The molecule has 0 saturated carbocycles. The topological polar surface area (TPSA) is 122 Å². The maximum absolute atomic E-state index is 12.0. The average molecular weight is 354 g/mol. The van der Waals surface area contributed by atoms with Gasteiger partial charge in [-0.3, -0.25) is 4.79 Å². The lowest BCUT2D eigenvalue weighted by Crippen LogP contribution is -2.66. The van der Waals surface area contributed by atoms with Gasteiger partial charge in [0.15, 0.2) is 6.29 Å². The largest absolute Gasteiger partial charge is 0.394 e. The Morgan fingerprint density at radius 1 is 1.36 bits per heavy atom. The number of aliphatic hydroxyl groups is 4. The molecule has 2 heterocycles. The van der Waals surface area contributed by atoms with E-state index in [1.165, 1.54) is 10.8 Å². The van der Waals surface area contributed by atoms with Crippen molar-refractivity contribution in [3.8, 4) is 0 Å². The lowest BCUT2D eigenvalue weighted by molar-refractivity contribution is -0.261. The lowest BCUT2D eigenvalue weighted by atomic mass is 9.97. The van der Waals surface area contributed by atoms with Crippen molar-refractivity contribution < 1.29 is 30.0 Å². The first-order valence-electron chi connectivity index (χ1n) is 7.07. The molecule has 0 aliphatic carbocycles. The summed E-state index contributed by atoms with van der Waals surface area (Å²) < 4.78 is 5.10. The molecule has 2 fully saturated rings. The highest BCUT2D eigenvalue weighted by atomic mass is 33.1.